The van der Waals surface area contributed by atoms with Gasteiger partial charge in [-0.25, -0.2) is 4.79 Å². The van der Waals surface area contributed by atoms with Crippen LogP contribution in [0.4, 0.5) is 11.5 Å². The van der Waals surface area contributed by atoms with Crippen LogP contribution >= 0.6 is 11.6 Å². The van der Waals surface area contributed by atoms with E-state index >= 15 is 0 Å². The van der Waals surface area contributed by atoms with Crippen molar-refractivity contribution in [1.29, 1.82) is 0 Å². The van der Waals surface area contributed by atoms with Crippen molar-refractivity contribution in [3.8, 4) is 0 Å². The molecule has 0 amide bonds. The first-order chi connectivity index (χ1) is 14.0. The van der Waals surface area contributed by atoms with Crippen molar-refractivity contribution in [2.45, 2.75) is 39.4 Å². The van der Waals surface area contributed by atoms with Crippen LogP contribution in [0.5, 0.6) is 0 Å². The summed E-state index contributed by atoms with van der Waals surface area (Å²) in [5.41, 5.74) is 7.53. The van der Waals surface area contributed by atoms with Crippen LogP contribution in [-0.2, 0) is 19.6 Å². The average Bonchev–Trinajstić information content (AvgIpc) is 2.70. The first-order valence-corrected chi connectivity index (χ1v) is 10.0. The smallest absolute Gasteiger partial charge is 0.330 e. The Balaban J connectivity index is 2.09. The molecule has 0 atom stereocenters. The Bertz CT molecular complexity index is 1080. The van der Waals surface area contributed by atoms with Crippen LogP contribution in [0.2, 0.25) is 5.02 Å². The third kappa shape index (κ3) is 4.90. The fourth-order valence-electron chi connectivity index (χ4n) is 3.27. The molecular formula is C22H25ClN4O2. The molecule has 0 saturated heterocycles. The van der Waals surface area contributed by atoms with Crippen molar-refractivity contribution in [2.75, 3.05) is 10.6 Å². The van der Waals surface area contributed by atoms with Gasteiger partial charge in [-0.05, 0) is 23.6 Å². The molecule has 29 heavy (non-hydrogen) atoms. The Labute approximate surface area is 174 Å². The number of aromatic amines is 1. The zero-order valence-electron chi connectivity index (χ0n) is 16.4. The van der Waals surface area contributed by atoms with Crippen LogP contribution in [0, 0.1) is 0 Å². The van der Waals surface area contributed by atoms with Gasteiger partial charge in [0.25, 0.3) is 5.56 Å². The molecule has 6 nitrogen and oxygen atoms in total. The molecule has 0 aliphatic rings. The van der Waals surface area contributed by atoms with E-state index in [1.165, 1.54) is 4.57 Å². The SMILES string of the molecule is CCCCn1c(N)c(N(Cc2ccccc2)Cc2ccccc2Cl)c(=O)[nH]c1=O. The lowest BCUT2D eigenvalue weighted by atomic mass is 10.1. The van der Waals surface area contributed by atoms with Gasteiger partial charge in [-0.3, -0.25) is 14.3 Å². The standard InChI is InChI=1S/C22H25ClN4O2/c1-2-3-13-27-20(24)19(21(28)25-22(27)29)26(14-16-9-5-4-6-10-16)15-17-11-7-8-12-18(17)23/h4-12H,2-3,13-15,24H2,1H3,(H,25,28,29). The number of nitrogens with two attached hydrogens (primary N) is 1. The predicted octanol–water partition coefficient (Wildman–Crippen LogP) is 3.78. The molecule has 0 saturated carbocycles. The second-order valence-corrected chi connectivity index (χ2v) is 7.34. The van der Waals surface area contributed by atoms with E-state index in [0.717, 1.165) is 24.0 Å². The molecule has 0 aliphatic carbocycles. The second-order valence-electron chi connectivity index (χ2n) is 6.93. The Morgan fingerprint density at radius 3 is 2.41 bits per heavy atom. The summed E-state index contributed by atoms with van der Waals surface area (Å²) in [4.78, 5) is 29.4. The molecule has 0 fully saturated rings. The molecule has 1 heterocycles. The third-order valence-electron chi connectivity index (χ3n) is 4.80. The molecule has 3 aromatic rings. The maximum absolute atomic E-state index is 12.8. The number of H-pyrrole nitrogens is 1. The fourth-order valence-corrected chi connectivity index (χ4v) is 3.47. The van der Waals surface area contributed by atoms with Crippen molar-refractivity contribution in [1.82, 2.24) is 9.55 Å². The zero-order chi connectivity index (χ0) is 20.8. The molecule has 2 aromatic carbocycles. The summed E-state index contributed by atoms with van der Waals surface area (Å²) in [7, 11) is 0. The minimum absolute atomic E-state index is 0.176. The molecule has 7 heteroatoms. The van der Waals surface area contributed by atoms with E-state index in [2.05, 4.69) is 4.98 Å². The van der Waals surface area contributed by atoms with Gasteiger partial charge >= 0.3 is 5.69 Å². The lowest BCUT2D eigenvalue weighted by Crippen LogP contribution is -2.38. The van der Waals surface area contributed by atoms with Gasteiger partial charge < -0.3 is 10.6 Å². The van der Waals surface area contributed by atoms with Gasteiger partial charge in [-0.1, -0.05) is 73.5 Å². The van der Waals surface area contributed by atoms with Gasteiger partial charge in [-0.2, -0.15) is 0 Å². The number of nitrogens with zero attached hydrogens (tertiary/aromatic N) is 2. The van der Waals surface area contributed by atoms with Crippen LogP contribution in [0.1, 0.15) is 30.9 Å². The van der Waals surface area contributed by atoms with Crippen molar-refractivity contribution in [3.63, 3.8) is 0 Å². The van der Waals surface area contributed by atoms with E-state index in [-0.39, 0.29) is 11.5 Å². The Kier molecular flexibility index (Phi) is 6.77. The molecule has 0 aliphatic heterocycles. The van der Waals surface area contributed by atoms with Gasteiger partial charge in [0.15, 0.2) is 0 Å². The summed E-state index contributed by atoms with van der Waals surface area (Å²) in [6.45, 7) is 3.32. The van der Waals surface area contributed by atoms with E-state index in [9.17, 15) is 9.59 Å². The molecule has 0 unspecified atom stereocenters. The average molecular weight is 413 g/mol. The molecule has 0 bridgehead atoms. The number of anilines is 2. The topological polar surface area (TPSA) is 84.1 Å². The van der Waals surface area contributed by atoms with Crippen LogP contribution in [0.25, 0.3) is 0 Å². The van der Waals surface area contributed by atoms with Crippen LogP contribution in [-0.4, -0.2) is 9.55 Å². The van der Waals surface area contributed by atoms with E-state index in [0.29, 0.717) is 24.7 Å². The lowest BCUT2D eigenvalue weighted by Gasteiger charge is -2.27. The monoisotopic (exact) mass is 412 g/mol. The Morgan fingerprint density at radius 2 is 1.72 bits per heavy atom. The Morgan fingerprint density at radius 1 is 1.03 bits per heavy atom. The van der Waals surface area contributed by atoms with Crippen molar-refractivity contribution in [2.24, 2.45) is 0 Å². The highest BCUT2D eigenvalue weighted by Crippen LogP contribution is 2.25. The predicted molar refractivity (Wildman–Crippen MR) is 118 cm³/mol. The first kappa shape index (κ1) is 20.7. The summed E-state index contributed by atoms with van der Waals surface area (Å²) < 4.78 is 1.44. The highest BCUT2D eigenvalue weighted by atomic mass is 35.5. The van der Waals surface area contributed by atoms with Gasteiger partial charge in [-0.15, -0.1) is 0 Å². The van der Waals surface area contributed by atoms with Crippen LogP contribution in [0.15, 0.2) is 64.2 Å². The minimum Gasteiger partial charge on any atom is -0.383 e. The summed E-state index contributed by atoms with van der Waals surface area (Å²) >= 11 is 6.36. The quantitative estimate of drug-likeness (QED) is 0.589. The molecule has 3 rings (SSSR count). The van der Waals surface area contributed by atoms with Gasteiger partial charge in [0.1, 0.15) is 11.5 Å². The number of aromatic nitrogens is 2. The molecule has 152 valence electrons. The highest BCUT2D eigenvalue weighted by Gasteiger charge is 2.20. The normalized spacial score (nSPS) is 10.8. The molecule has 3 N–H and O–H groups in total. The summed E-state index contributed by atoms with van der Waals surface area (Å²) in [6.07, 6.45) is 1.70. The van der Waals surface area contributed by atoms with E-state index in [4.69, 9.17) is 17.3 Å². The number of nitrogen functional groups attached to an aromatic ring is 1. The third-order valence-corrected chi connectivity index (χ3v) is 5.17. The van der Waals surface area contributed by atoms with Crippen molar-refractivity contribution in [3.05, 3.63) is 91.6 Å². The maximum Gasteiger partial charge on any atom is 0.330 e. The van der Waals surface area contributed by atoms with Gasteiger partial charge in [0, 0.05) is 24.7 Å². The number of nitrogens with one attached hydrogen (secondary N) is 1. The summed E-state index contributed by atoms with van der Waals surface area (Å²) in [5.74, 6) is 0.176. The number of hydrogen-bond acceptors (Lipinski definition) is 4. The van der Waals surface area contributed by atoms with E-state index in [1.54, 1.807) is 0 Å². The number of unbranched alkanes of at least 4 members (excludes halogenated alkanes) is 1. The first-order valence-electron chi connectivity index (χ1n) is 9.66. The zero-order valence-corrected chi connectivity index (χ0v) is 17.2. The van der Waals surface area contributed by atoms with E-state index in [1.807, 2.05) is 66.4 Å². The Hall–Kier alpha value is -2.99. The van der Waals surface area contributed by atoms with Crippen molar-refractivity contribution >= 4 is 23.1 Å². The summed E-state index contributed by atoms with van der Waals surface area (Å²) in [5, 5.41) is 0.611. The van der Waals surface area contributed by atoms with Crippen LogP contribution < -0.4 is 21.9 Å². The van der Waals surface area contributed by atoms with E-state index < -0.39 is 11.2 Å². The number of halogens is 1. The molecule has 0 spiro atoms. The van der Waals surface area contributed by atoms with Crippen LogP contribution in [0.3, 0.4) is 0 Å². The largest absolute Gasteiger partial charge is 0.383 e. The maximum atomic E-state index is 12.8. The second kappa shape index (κ2) is 9.47. The van der Waals surface area contributed by atoms with Gasteiger partial charge in [0.05, 0.1) is 0 Å². The minimum atomic E-state index is -0.497. The fraction of sp³-hybridized carbons (Fsp3) is 0.273. The lowest BCUT2D eigenvalue weighted by molar-refractivity contribution is 0.602. The number of benzene rings is 2. The number of hydrogen-bond donors (Lipinski definition) is 2. The number of rotatable bonds is 8. The molecule has 0 radical (unpaired) electrons. The molecular weight excluding hydrogens is 388 g/mol. The summed E-state index contributed by atoms with van der Waals surface area (Å²) in [6, 6.07) is 17.3. The van der Waals surface area contributed by atoms with Gasteiger partial charge in [0.2, 0.25) is 0 Å². The van der Waals surface area contributed by atoms with Crippen molar-refractivity contribution < 1.29 is 0 Å². The molecule has 1 aromatic heterocycles. The highest BCUT2D eigenvalue weighted by molar-refractivity contribution is 6.31.